The van der Waals surface area contributed by atoms with Gasteiger partial charge in [0.05, 0.1) is 0 Å². The molecule has 2 saturated heterocycles. The van der Waals surface area contributed by atoms with Crippen LogP contribution in [0.2, 0.25) is 0 Å². The van der Waals surface area contributed by atoms with Crippen LogP contribution in [0, 0.1) is 5.41 Å². The van der Waals surface area contributed by atoms with Gasteiger partial charge in [0.15, 0.2) is 5.71 Å². The minimum Gasteiger partial charge on any atom is -0.508 e. The normalized spacial score (nSPS) is 24.2. The second-order valence-corrected chi connectivity index (χ2v) is 9.80. The molecule has 3 heterocycles. The van der Waals surface area contributed by atoms with Crippen LogP contribution in [0.1, 0.15) is 5.56 Å². The number of rotatable bonds is 8. The van der Waals surface area contributed by atoms with Crippen LogP contribution < -0.4 is 5.32 Å². The van der Waals surface area contributed by atoms with E-state index in [1.165, 1.54) is 52.3 Å². The maximum absolute atomic E-state index is 12.9. The molecule has 0 radical (unpaired) electrons. The second-order valence-electron chi connectivity index (χ2n) is 7.75. The lowest BCUT2D eigenvalue weighted by Crippen LogP contribution is -2.74. The van der Waals surface area contributed by atoms with Gasteiger partial charge in [-0.2, -0.15) is 0 Å². The molecule has 0 aliphatic carbocycles. The average molecular weight is 508 g/mol. The standard InChI is InChI=1S/C19H21N7O6S2/c1-25-18(21-23-24-25)34-9-19(17(30)31)7-26-15(29)13(16(26)33-8-19)20-14(28)12(22-32-2)10-4-3-5-11(27)6-10/h3-6,13,16,27H,7-9H2,1-2H3,(H,20,28)(H,30,31)/t13?,16-,19?/m1/s1. The number of aromatic nitrogens is 4. The first kappa shape index (κ1) is 23.8. The number of nitrogens with one attached hydrogen (secondary N) is 1. The molecule has 4 rings (SSSR count). The van der Waals surface area contributed by atoms with E-state index in [4.69, 9.17) is 4.84 Å². The molecule has 13 nitrogen and oxygen atoms in total. The highest BCUT2D eigenvalue weighted by molar-refractivity contribution is 8.00. The van der Waals surface area contributed by atoms with Gasteiger partial charge in [-0.1, -0.05) is 29.1 Å². The molecule has 180 valence electrons. The zero-order chi connectivity index (χ0) is 24.5. The molecule has 2 aromatic rings. The second kappa shape index (κ2) is 9.50. The molecule has 0 saturated carbocycles. The van der Waals surface area contributed by atoms with E-state index in [1.807, 2.05) is 0 Å². The molecule has 2 fully saturated rings. The lowest BCUT2D eigenvalue weighted by molar-refractivity contribution is -0.157. The minimum absolute atomic E-state index is 0.00899. The molecule has 2 unspecified atom stereocenters. The summed E-state index contributed by atoms with van der Waals surface area (Å²) in [4.78, 5) is 44.1. The van der Waals surface area contributed by atoms with Crippen molar-refractivity contribution in [3.05, 3.63) is 29.8 Å². The van der Waals surface area contributed by atoms with Crippen LogP contribution in [0.25, 0.3) is 0 Å². The van der Waals surface area contributed by atoms with E-state index < -0.39 is 28.7 Å². The summed E-state index contributed by atoms with van der Waals surface area (Å²) in [7, 11) is 2.94. The largest absolute Gasteiger partial charge is 0.508 e. The number of nitrogens with zero attached hydrogens (tertiary/aromatic N) is 6. The molecule has 2 amide bonds. The number of aliphatic carboxylic acids is 1. The Labute approximate surface area is 201 Å². The van der Waals surface area contributed by atoms with Crippen LogP contribution in [-0.4, -0.2) is 95.4 Å². The Morgan fingerprint density at radius 2 is 2.24 bits per heavy atom. The van der Waals surface area contributed by atoms with Crippen LogP contribution in [-0.2, 0) is 26.3 Å². The number of aryl methyl sites for hydroxylation is 1. The van der Waals surface area contributed by atoms with E-state index in [2.05, 4.69) is 26.0 Å². The lowest BCUT2D eigenvalue weighted by Gasteiger charge is -2.53. The number of hydrogen-bond acceptors (Lipinski definition) is 11. The highest BCUT2D eigenvalue weighted by atomic mass is 32.2. The number of benzene rings is 1. The quantitative estimate of drug-likeness (QED) is 0.182. The number of aromatic hydroxyl groups is 1. The van der Waals surface area contributed by atoms with Gasteiger partial charge in [0.2, 0.25) is 11.1 Å². The topological polar surface area (TPSA) is 172 Å². The summed E-state index contributed by atoms with van der Waals surface area (Å²) in [6.07, 6.45) is 0. The first-order valence-corrected chi connectivity index (χ1v) is 12.0. The van der Waals surface area contributed by atoms with Gasteiger partial charge in [-0.05, 0) is 22.6 Å². The smallest absolute Gasteiger partial charge is 0.313 e. The number of phenolic OH excluding ortho intramolecular Hbond substituents is 1. The third-order valence-electron chi connectivity index (χ3n) is 5.46. The van der Waals surface area contributed by atoms with Gasteiger partial charge in [-0.25, -0.2) is 4.68 Å². The van der Waals surface area contributed by atoms with Gasteiger partial charge in [-0.15, -0.1) is 16.9 Å². The number of thioether (sulfide) groups is 2. The van der Waals surface area contributed by atoms with Crippen molar-refractivity contribution in [2.45, 2.75) is 16.6 Å². The SMILES string of the molecule is CON=C(C(=O)NC1C(=O)N2CC(CSc3nnnn3C)(C(=O)O)CS[C@H]12)c1cccc(O)c1. The Balaban J connectivity index is 1.44. The molecule has 3 N–H and O–H groups in total. The summed E-state index contributed by atoms with van der Waals surface area (Å²) in [5.41, 5.74) is -0.967. The summed E-state index contributed by atoms with van der Waals surface area (Å²) in [5.74, 6) is -1.67. The molecule has 2 aliphatic rings. The maximum Gasteiger partial charge on any atom is 0.313 e. The predicted molar refractivity (Wildman–Crippen MR) is 121 cm³/mol. The molecule has 1 aromatic heterocycles. The number of fused-ring (bicyclic) bond motifs is 1. The van der Waals surface area contributed by atoms with Gasteiger partial charge in [-0.3, -0.25) is 14.4 Å². The van der Waals surface area contributed by atoms with E-state index in [0.29, 0.717) is 10.7 Å². The van der Waals surface area contributed by atoms with Gasteiger partial charge in [0, 0.05) is 30.7 Å². The summed E-state index contributed by atoms with van der Waals surface area (Å²) in [6, 6.07) is 5.10. The number of carboxylic acids is 1. The summed E-state index contributed by atoms with van der Waals surface area (Å²) < 4.78 is 1.45. The Morgan fingerprint density at radius 3 is 2.88 bits per heavy atom. The van der Waals surface area contributed by atoms with Crippen LogP contribution in [0.3, 0.4) is 0 Å². The van der Waals surface area contributed by atoms with E-state index in [1.54, 1.807) is 19.2 Å². The average Bonchev–Trinajstić information content (AvgIpc) is 3.23. The number of tetrazole rings is 1. The van der Waals surface area contributed by atoms with E-state index in [9.17, 15) is 24.6 Å². The summed E-state index contributed by atoms with van der Waals surface area (Å²) in [6.45, 7) is 0.00899. The van der Waals surface area contributed by atoms with Crippen LogP contribution in [0.4, 0.5) is 0 Å². The van der Waals surface area contributed by atoms with Crippen LogP contribution in [0.15, 0.2) is 34.6 Å². The Hall–Kier alpha value is -3.33. The van der Waals surface area contributed by atoms with Crippen molar-refractivity contribution in [1.29, 1.82) is 0 Å². The van der Waals surface area contributed by atoms with Crippen molar-refractivity contribution in [3.8, 4) is 5.75 Å². The zero-order valence-corrected chi connectivity index (χ0v) is 19.7. The Bertz CT molecular complexity index is 1160. The Kier molecular flexibility index (Phi) is 6.65. The highest BCUT2D eigenvalue weighted by Crippen LogP contribution is 2.44. The summed E-state index contributed by atoms with van der Waals surface area (Å²) in [5, 5.41) is 37.3. The third kappa shape index (κ3) is 4.40. The first-order valence-electron chi connectivity index (χ1n) is 9.98. The predicted octanol–water partition coefficient (Wildman–Crippen LogP) is -0.471. The number of carbonyl (C=O) groups is 3. The van der Waals surface area contributed by atoms with E-state index >= 15 is 0 Å². The molecule has 34 heavy (non-hydrogen) atoms. The van der Waals surface area contributed by atoms with Gasteiger partial charge in [0.1, 0.15) is 29.7 Å². The van der Waals surface area contributed by atoms with Gasteiger partial charge < -0.3 is 25.3 Å². The van der Waals surface area contributed by atoms with E-state index in [0.717, 1.165) is 0 Å². The fourth-order valence-corrected chi connectivity index (χ4v) is 6.34. The maximum atomic E-state index is 12.9. The fraction of sp³-hybridized carbons (Fsp3) is 0.421. The van der Waals surface area contributed by atoms with Crippen molar-refractivity contribution in [3.63, 3.8) is 0 Å². The minimum atomic E-state index is -1.19. The molecular formula is C19H21N7O6S2. The Morgan fingerprint density at radius 1 is 1.44 bits per heavy atom. The zero-order valence-electron chi connectivity index (χ0n) is 18.1. The molecule has 15 heteroatoms. The molecule has 0 bridgehead atoms. The number of oxime groups is 1. The third-order valence-corrected chi connectivity index (χ3v) is 8.35. The van der Waals surface area contributed by atoms with E-state index in [-0.39, 0.29) is 35.4 Å². The molecule has 3 atom stereocenters. The number of β-lactam (4-membered cyclic amide) rings is 1. The van der Waals surface area contributed by atoms with Crippen molar-refractivity contribution in [2.24, 2.45) is 17.6 Å². The number of carbonyl (C=O) groups excluding carboxylic acids is 2. The molecule has 2 aliphatic heterocycles. The van der Waals surface area contributed by atoms with Gasteiger partial charge >= 0.3 is 5.97 Å². The molecule has 0 spiro atoms. The van der Waals surface area contributed by atoms with Crippen molar-refractivity contribution in [1.82, 2.24) is 30.4 Å². The number of amides is 2. The fourth-order valence-electron chi connectivity index (χ4n) is 3.63. The number of carboxylic acid groups (broad SMARTS) is 1. The van der Waals surface area contributed by atoms with Crippen LogP contribution in [0.5, 0.6) is 5.75 Å². The lowest BCUT2D eigenvalue weighted by atomic mass is 9.89. The molecule has 1 aromatic carbocycles. The monoisotopic (exact) mass is 507 g/mol. The highest BCUT2D eigenvalue weighted by Gasteiger charge is 2.57. The van der Waals surface area contributed by atoms with Gasteiger partial charge in [0.25, 0.3) is 5.91 Å². The van der Waals surface area contributed by atoms with Crippen LogP contribution >= 0.6 is 23.5 Å². The van der Waals surface area contributed by atoms with Crippen molar-refractivity contribution in [2.75, 3.05) is 25.2 Å². The number of hydrogen-bond donors (Lipinski definition) is 3. The molecular weight excluding hydrogens is 486 g/mol. The summed E-state index contributed by atoms with van der Waals surface area (Å²) >= 11 is 2.50. The number of phenols is 1. The van der Waals surface area contributed by atoms with Crippen molar-refractivity contribution < 1.29 is 29.4 Å². The first-order chi connectivity index (χ1) is 16.3. The van der Waals surface area contributed by atoms with Crippen molar-refractivity contribution >= 4 is 47.0 Å².